The van der Waals surface area contributed by atoms with E-state index >= 15 is 0 Å². The number of pyridine rings is 1. The maximum absolute atomic E-state index is 12.8. The van der Waals surface area contributed by atoms with Gasteiger partial charge in [0.05, 0.1) is 19.9 Å². The monoisotopic (exact) mass is 321 g/mol. The van der Waals surface area contributed by atoms with Gasteiger partial charge in [-0.05, 0) is 47.6 Å². The number of rotatable bonds is 2. The van der Waals surface area contributed by atoms with Crippen molar-refractivity contribution < 1.29 is 9.47 Å². The molecule has 0 atom stereocenters. The largest absolute Gasteiger partial charge is 0.493 e. The minimum Gasteiger partial charge on any atom is -0.493 e. The van der Waals surface area contributed by atoms with E-state index in [1.807, 2.05) is 43.4 Å². The van der Waals surface area contributed by atoms with Crippen molar-refractivity contribution in [3.8, 4) is 22.8 Å². The molecule has 0 unspecified atom stereocenters. The Morgan fingerprint density at radius 3 is 2.33 bits per heavy atom. The number of fused-ring (bicyclic) bond motifs is 5. The van der Waals surface area contributed by atoms with Gasteiger partial charge in [0.1, 0.15) is 0 Å². The summed E-state index contributed by atoms with van der Waals surface area (Å²) in [6.45, 7) is 0. The average Bonchev–Trinajstić information content (AvgIpc) is 2.64. The Kier molecular flexibility index (Phi) is 3.34. The first-order chi connectivity index (χ1) is 11.7. The van der Waals surface area contributed by atoms with Gasteiger partial charge in [0.2, 0.25) is 0 Å². The zero-order valence-electron chi connectivity index (χ0n) is 14.1. The van der Waals surface area contributed by atoms with Crippen LogP contribution in [-0.2, 0) is 19.9 Å². The Hall–Kier alpha value is -2.75. The minimum absolute atomic E-state index is 0.0342. The summed E-state index contributed by atoms with van der Waals surface area (Å²) in [4.78, 5) is 12.8. The molecule has 0 aliphatic heterocycles. The molecule has 0 amide bonds. The van der Waals surface area contributed by atoms with E-state index in [-0.39, 0.29) is 5.56 Å². The van der Waals surface area contributed by atoms with Gasteiger partial charge >= 0.3 is 0 Å². The summed E-state index contributed by atoms with van der Waals surface area (Å²) in [5.74, 6) is 1.41. The van der Waals surface area contributed by atoms with Crippen molar-refractivity contribution in [1.29, 1.82) is 0 Å². The van der Waals surface area contributed by atoms with Crippen LogP contribution in [0.4, 0.5) is 0 Å². The quantitative estimate of drug-likeness (QED) is 0.727. The standard InChI is InChI=1S/C20H19NO3/c1-21-19-14(13-6-4-5-7-15(13)20(21)22)9-8-12-10-17(23-2)18(24-3)11-16(12)19/h4-7,10-11H,8-9H2,1-3H3. The van der Waals surface area contributed by atoms with Crippen LogP contribution < -0.4 is 15.0 Å². The van der Waals surface area contributed by atoms with E-state index in [4.69, 9.17) is 9.47 Å². The molecule has 0 radical (unpaired) electrons. The number of hydrogen-bond acceptors (Lipinski definition) is 3. The van der Waals surface area contributed by atoms with E-state index in [0.29, 0.717) is 5.75 Å². The van der Waals surface area contributed by atoms with Gasteiger partial charge in [0.15, 0.2) is 11.5 Å². The van der Waals surface area contributed by atoms with Crippen molar-refractivity contribution in [3.63, 3.8) is 0 Å². The number of hydrogen-bond donors (Lipinski definition) is 0. The second-order valence-electron chi connectivity index (χ2n) is 6.10. The van der Waals surface area contributed by atoms with Gasteiger partial charge in [0, 0.05) is 18.0 Å². The van der Waals surface area contributed by atoms with Gasteiger partial charge in [-0.1, -0.05) is 18.2 Å². The molecule has 0 N–H and O–H groups in total. The Morgan fingerprint density at radius 2 is 1.62 bits per heavy atom. The summed E-state index contributed by atoms with van der Waals surface area (Å²) in [7, 11) is 5.12. The Bertz CT molecular complexity index is 1020. The summed E-state index contributed by atoms with van der Waals surface area (Å²) in [6.07, 6.45) is 1.83. The lowest BCUT2D eigenvalue weighted by molar-refractivity contribution is 0.354. The van der Waals surface area contributed by atoms with Gasteiger partial charge in [0.25, 0.3) is 5.56 Å². The normalized spacial score (nSPS) is 12.6. The molecule has 2 aromatic carbocycles. The predicted octanol–water partition coefficient (Wildman–Crippen LogP) is 3.32. The summed E-state index contributed by atoms with van der Waals surface area (Å²) in [5.41, 5.74) is 4.49. The van der Waals surface area contributed by atoms with Gasteiger partial charge in [-0.3, -0.25) is 4.79 Å². The lowest BCUT2D eigenvalue weighted by Gasteiger charge is -2.25. The van der Waals surface area contributed by atoms with E-state index in [1.165, 1.54) is 11.1 Å². The summed E-state index contributed by atoms with van der Waals surface area (Å²) >= 11 is 0. The summed E-state index contributed by atoms with van der Waals surface area (Å²) in [5, 5.41) is 1.83. The van der Waals surface area contributed by atoms with Gasteiger partial charge in [-0.2, -0.15) is 0 Å². The Labute approximate surface area is 140 Å². The SMILES string of the molecule is COc1cc2c(cc1OC)-c1c(c3ccccc3c(=O)n1C)CC2. The van der Waals surface area contributed by atoms with Crippen molar-refractivity contribution in [2.45, 2.75) is 12.8 Å². The lowest BCUT2D eigenvalue weighted by Crippen LogP contribution is -2.23. The van der Waals surface area contributed by atoms with Crippen molar-refractivity contribution >= 4 is 10.8 Å². The van der Waals surface area contributed by atoms with Crippen molar-refractivity contribution in [1.82, 2.24) is 4.57 Å². The second-order valence-corrected chi connectivity index (χ2v) is 6.10. The highest BCUT2D eigenvalue weighted by Gasteiger charge is 2.24. The van der Waals surface area contributed by atoms with Crippen LogP contribution in [-0.4, -0.2) is 18.8 Å². The molecule has 0 saturated carbocycles. The molecule has 0 saturated heterocycles. The van der Waals surface area contributed by atoms with Crippen LogP contribution in [0.15, 0.2) is 41.2 Å². The highest BCUT2D eigenvalue weighted by Crippen LogP contribution is 2.41. The Balaban J connectivity index is 2.11. The van der Waals surface area contributed by atoms with Crippen molar-refractivity contribution in [3.05, 3.63) is 57.9 Å². The smallest absolute Gasteiger partial charge is 0.258 e. The summed E-state index contributed by atoms with van der Waals surface area (Å²) < 4.78 is 12.6. The first-order valence-electron chi connectivity index (χ1n) is 8.01. The molecular formula is C20H19NO3. The highest BCUT2D eigenvalue weighted by molar-refractivity contribution is 5.91. The van der Waals surface area contributed by atoms with Crippen molar-refractivity contribution in [2.75, 3.05) is 14.2 Å². The van der Waals surface area contributed by atoms with Gasteiger partial charge < -0.3 is 14.0 Å². The van der Waals surface area contributed by atoms with Gasteiger partial charge in [-0.15, -0.1) is 0 Å². The average molecular weight is 321 g/mol. The molecule has 4 rings (SSSR count). The molecule has 1 heterocycles. The maximum atomic E-state index is 12.8. The molecule has 3 aromatic rings. The number of ether oxygens (including phenoxy) is 2. The molecule has 122 valence electrons. The predicted molar refractivity (Wildman–Crippen MR) is 95.1 cm³/mol. The van der Waals surface area contributed by atoms with Crippen LogP contribution >= 0.6 is 0 Å². The van der Waals surface area contributed by atoms with E-state index in [9.17, 15) is 4.79 Å². The van der Waals surface area contributed by atoms with Crippen LogP contribution in [0.1, 0.15) is 11.1 Å². The number of nitrogens with zero attached hydrogens (tertiary/aromatic N) is 1. The van der Waals surface area contributed by atoms with Crippen molar-refractivity contribution in [2.24, 2.45) is 7.05 Å². The molecule has 1 aliphatic rings. The molecule has 0 fully saturated rings. The third kappa shape index (κ3) is 1.96. The third-order valence-corrected chi connectivity index (χ3v) is 4.92. The zero-order valence-corrected chi connectivity index (χ0v) is 14.1. The molecular weight excluding hydrogens is 302 g/mol. The number of methoxy groups -OCH3 is 2. The molecule has 4 nitrogen and oxygen atoms in total. The van der Waals surface area contributed by atoms with E-state index in [0.717, 1.165) is 40.6 Å². The highest BCUT2D eigenvalue weighted by atomic mass is 16.5. The summed E-state index contributed by atoms with van der Waals surface area (Å²) in [6, 6.07) is 11.9. The zero-order chi connectivity index (χ0) is 16.8. The molecule has 0 bridgehead atoms. The van der Waals surface area contributed by atoms with Crippen LogP contribution in [0.25, 0.3) is 22.0 Å². The fraction of sp³-hybridized carbons (Fsp3) is 0.250. The maximum Gasteiger partial charge on any atom is 0.258 e. The van der Waals surface area contributed by atoms with Crippen LogP contribution in [0.5, 0.6) is 11.5 Å². The topological polar surface area (TPSA) is 40.5 Å². The number of benzene rings is 2. The van der Waals surface area contributed by atoms with E-state index in [2.05, 4.69) is 0 Å². The van der Waals surface area contributed by atoms with E-state index < -0.39 is 0 Å². The minimum atomic E-state index is 0.0342. The first-order valence-corrected chi connectivity index (χ1v) is 8.01. The van der Waals surface area contributed by atoms with Crippen LogP contribution in [0.2, 0.25) is 0 Å². The van der Waals surface area contributed by atoms with Crippen LogP contribution in [0, 0.1) is 0 Å². The van der Waals surface area contributed by atoms with Crippen LogP contribution in [0.3, 0.4) is 0 Å². The third-order valence-electron chi connectivity index (χ3n) is 4.92. The number of aromatic nitrogens is 1. The molecule has 1 aliphatic carbocycles. The fourth-order valence-electron chi connectivity index (χ4n) is 3.75. The van der Waals surface area contributed by atoms with Gasteiger partial charge in [-0.25, -0.2) is 0 Å². The second kappa shape index (κ2) is 5.41. The molecule has 24 heavy (non-hydrogen) atoms. The van der Waals surface area contributed by atoms with E-state index in [1.54, 1.807) is 18.8 Å². The lowest BCUT2D eigenvalue weighted by atomic mass is 9.86. The molecule has 0 spiro atoms. The Morgan fingerprint density at radius 1 is 0.958 bits per heavy atom. The first kappa shape index (κ1) is 14.8. The molecule has 4 heteroatoms. The number of aryl methyl sites for hydroxylation is 2. The molecule has 1 aromatic heterocycles. The fourth-order valence-corrected chi connectivity index (χ4v) is 3.75.